The highest BCUT2D eigenvalue weighted by molar-refractivity contribution is 6.42. The molecule has 0 aliphatic carbocycles. The lowest BCUT2D eigenvalue weighted by molar-refractivity contribution is -0.138. The van der Waals surface area contributed by atoms with E-state index in [4.69, 9.17) is 33.0 Å². The Balaban J connectivity index is 1.80. The summed E-state index contributed by atoms with van der Waals surface area (Å²) < 4.78 is 47.3. The third-order valence-corrected chi connectivity index (χ3v) is 4.78. The first kappa shape index (κ1) is 20.0. The summed E-state index contributed by atoms with van der Waals surface area (Å²) in [7, 11) is 0. The number of fused-ring (bicyclic) bond motifs is 1. The zero-order valence-electron chi connectivity index (χ0n) is 14.5. The zero-order valence-corrected chi connectivity index (χ0v) is 16.0. The molecule has 0 spiro atoms. The van der Waals surface area contributed by atoms with Gasteiger partial charge in [-0.15, -0.1) is 0 Å². The molecule has 0 saturated heterocycles. The summed E-state index contributed by atoms with van der Waals surface area (Å²) >= 11 is 11.7. The van der Waals surface area contributed by atoms with Crippen molar-refractivity contribution < 1.29 is 27.8 Å². The minimum atomic E-state index is -4.72. The standard InChI is InChI=1S/C18H9Cl2F3N4O3/c19-11-2-1-9(3-12(11)20)30-15-5-14-13(4-10(15)18(21,22)23)25-17(26-14)27-7-8(6-24-27)16(28)29/h1-7H,(H,25,26)(H,28,29). The first-order valence-corrected chi connectivity index (χ1v) is 8.89. The van der Waals surface area contributed by atoms with Crippen LogP contribution < -0.4 is 4.74 Å². The van der Waals surface area contributed by atoms with Crippen molar-refractivity contribution >= 4 is 40.2 Å². The summed E-state index contributed by atoms with van der Waals surface area (Å²) in [6.07, 6.45) is -2.44. The number of imidazole rings is 1. The number of hydrogen-bond acceptors (Lipinski definition) is 4. The van der Waals surface area contributed by atoms with Gasteiger partial charge in [0, 0.05) is 18.3 Å². The molecule has 0 saturated carbocycles. The van der Waals surface area contributed by atoms with Gasteiger partial charge in [0.25, 0.3) is 0 Å². The molecule has 0 fully saturated rings. The number of hydrogen-bond donors (Lipinski definition) is 2. The predicted octanol–water partition coefficient (Wildman–Crippen LogP) is 5.56. The van der Waals surface area contributed by atoms with Gasteiger partial charge in [-0.2, -0.15) is 18.3 Å². The molecule has 4 rings (SSSR count). The minimum absolute atomic E-state index is 0.0392. The lowest BCUT2D eigenvalue weighted by Crippen LogP contribution is -2.07. The molecular formula is C18H9Cl2F3N4O3. The van der Waals surface area contributed by atoms with Gasteiger partial charge in [0.05, 0.1) is 32.8 Å². The lowest BCUT2D eigenvalue weighted by atomic mass is 10.1. The second-order valence-corrected chi connectivity index (χ2v) is 6.89. The quantitative estimate of drug-likeness (QED) is 0.418. The van der Waals surface area contributed by atoms with Crippen LogP contribution in [-0.4, -0.2) is 30.8 Å². The Morgan fingerprint density at radius 1 is 1.17 bits per heavy atom. The van der Waals surface area contributed by atoms with Crippen LogP contribution in [0, 0.1) is 0 Å². The number of aromatic nitrogens is 4. The molecule has 0 atom stereocenters. The molecule has 2 aromatic heterocycles. The Morgan fingerprint density at radius 3 is 2.57 bits per heavy atom. The summed E-state index contributed by atoms with van der Waals surface area (Å²) in [6.45, 7) is 0. The third kappa shape index (κ3) is 3.79. The average Bonchev–Trinajstić information content (AvgIpc) is 3.30. The Labute approximate surface area is 175 Å². The van der Waals surface area contributed by atoms with Crippen LogP contribution in [0.3, 0.4) is 0 Å². The number of nitrogens with one attached hydrogen (secondary N) is 1. The number of ether oxygens (including phenoxy) is 1. The lowest BCUT2D eigenvalue weighted by Gasteiger charge is -2.14. The van der Waals surface area contributed by atoms with Crippen molar-refractivity contribution in [2.45, 2.75) is 6.18 Å². The number of rotatable bonds is 4. The number of carboxylic acid groups (broad SMARTS) is 1. The highest BCUT2D eigenvalue weighted by Crippen LogP contribution is 2.41. The van der Waals surface area contributed by atoms with Crippen LogP contribution >= 0.6 is 23.2 Å². The van der Waals surface area contributed by atoms with E-state index >= 15 is 0 Å². The van der Waals surface area contributed by atoms with E-state index < -0.39 is 23.5 Å². The van der Waals surface area contributed by atoms with E-state index in [1.165, 1.54) is 24.4 Å². The van der Waals surface area contributed by atoms with E-state index in [1.807, 2.05) is 0 Å². The van der Waals surface area contributed by atoms with Crippen molar-refractivity contribution in [1.29, 1.82) is 0 Å². The van der Waals surface area contributed by atoms with Gasteiger partial charge < -0.3 is 14.8 Å². The number of carboxylic acids is 1. The molecule has 12 heteroatoms. The Kier molecular flexibility index (Phi) is 4.83. The molecule has 154 valence electrons. The van der Waals surface area contributed by atoms with Crippen molar-refractivity contribution in [2.75, 3.05) is 0 Å². The number of H-pyrrole nitrogens is 1. The van der Waals surface area contributed by atoms with Crippen LogP contribution in [0.2, 0.25) is 10.0 Å². The Bertz CT molecular complexity index is 1280. The molecule has 2 N–H and O–H groups in total. The van der Waals surface area contributed by atoms with E-state index in [0.717, 1.165) is 23.0 Å². The van der Waals surface area contributed by atoms with Crippen molar-refractivity contribution in [1.82, 2.24) is 19.7 Å². The number of nitrogens with zero attached hydrogens (tertiary/aromatic N) is 3. The summed E-state index contributed by atoms with van der Waals surface area (Å²) in [6, 6.07) is 6.03. The molecule has 0 radical (unpaired) electrons. The Hall–Kier alpha value is -3.24. The second kappa shape index (κ2) is 7.22. The van der Waals surface area contributed by atoms with Crippen LogP contribution in [0.5, 0.6) is 11.5 Å². The highest BCUT2D eigenvalue weighted by Gasteiger charge is 2.35. The monoisotopic (exact) mass is 456 g/mol. The number of carbonyl (C=O) groups is 1. The van der Waals surface area contributed by atoms with Crippen LogP contribution in [-0.2, 0) is 6.18 Å². The number of halogens is 5. The first-order valence-electron chi connectivity index (χ1n) is 8.14. The van der Waals surface area contributed by atoms with Gasteiger partial charge >= 0.3 is 12.1 Å². The fraction of sp³-hybridized carbons (Fsp3) is 0.0556. The average molecular weight is 457 g/mol. The summed E-state index contributed by atoms with van der Waals surface area (Å²) in [5.41, 5.74) is -0.926. The minimum Gasteiger partial charge on any atom is -0.478 e. The molecule has 0 amide bonds. The third-order valence-electron chi connectivity index (χ3n) is 4.04. The molecule has 0 aliphatic rings. The molecule has 30 heavy (non-hydrogen) atoms. The van der Waals surface area contributed by atoms with Crippen molar-refractivity contribution in [3.05, 3.63) is 63.9 Å². The van der Waals surface area contributed by atoms with Gasteiger partial charge in [-0.3, -0.25) is 0 Å². The smallest absolute Gasteiger partial charge is 0.420 e. The maximum absolute atomic E-state index is 13.6. The molecule has 0 unspecified atom stereocenters. The van der Waals surface area contributed by atoms with E-state index in [9.17, 15) is 18.0 Å². The second-order valence-electron chi connectivity index (χ2n) is 6.08. The SMILES string of the molecule is O=C(O)c1cnn(-c2nc3cc(Oc4ccc(Cl)c(Cl)c4)c(C(F)(F)F)cc3[nH]2)c1. The van der Waals surface area contributed by atoms with Crippen LogP contribution in [0.25, 0.3) is 17.0 Å². The normalized spacial score (nSPS) is 11.8. The Morgan fingerprint density at radius 2 is 1.93 bits per heavy atom. The predicted molar refractivity (Wildman–Crippen MR) is 102 cm³/mol. The molecule has 2 heterocycles. The van der Waals surface area contributed by atoms with Gasteiger partial charge in [0.15, 0.2) is 0 Å². The molecular weight excluding hydrogens is 448 g/mol. The van der Waals surface area contributed by atoms with Crippen molar-refractivity contribution in [3.8, 4) is 17.4 Å². The summed E-state index contributed by atoms with van der Waals surface area (Å²) in [5, 5.41) is 13.2. The zero-order chi connectivity index (χ0) is 21.6. The molecule has 7 nitrogen and oxygen atoms in total. The fourth-order valence-electron chi connectivity index (χ4n) is 2.66. The van der Waals surface area contributed by atoms with E-state index in [0.29, 0.717) is 0 Å². The van der Waals surface area contributed by atoms with Crippen molar-refractivity contribution in [2.24, 2.45) is 0 Å². The van der Waals surface area contributed by atoms with Crippen molar-refractivity contribution in [3.63, 3.8) is 0 Å². The number of aromatic carboxylic acids is 1. The van der Waals surface area contributed by atoms with Gasteiger partial charge in [0.2, 0.25) is 5.95 Å². The fourth-order valence-corrected chi connectivity index (χ4v) is 2.94. The van der Waals surface area contributed by atoms with Gasteiger partial charge in [-0.05, 0) is 18.2 Å². The summed E-state index contributed by atoms with van der Waals surface area (Å²) in [5.74, 6) is -1.59. The van der Waals surface area contributed by atoms with E-state index in [-0.39, 0.29) is 38.3 Å². The largest absolute Gasteiger partial charge is 0.478 e. The molecule has 2 aromatic carbocycles. The topological polar surface area (TPSA) is 93.0 Å². The number of aromatic amines is 1. The van der Waals surface area contributed by atoms with Crippen LogP contribution in [0.1, 0.15) is 15.9 Å². The van der Waals surface area contributed by atoms with E-state index in [1.54, 1.807) is 0 Å². The van der Waals surface area contributed by atoms with Crippen LogP contribution in [0.4, 0.5) is 13.2 Å². The van der Waals surface area contributed by atoms with Crippen LogP contribution in [0.15, 0.2) is 42.7 Å². The number of alkyl halides is 3. The van der Waals surface area contributed by atoms with Gasteiger partial charge in [-0.1, -0.05) is 23.2 Å². The van der Waals surface area contributed by atoms with E-state index in [2.05, 4.69) is 15.1 Å². The highest BCUT2D eigenvalue weighted by atomic mass is 35.5. The molecule has 0 aliphatic heterocycles. The molecule has 4 aromatic rings. The maximum atomic E-state index is 13.6. The molecule has 0 bridgehead atoms. The maximum Gasteiger partial charge on any atom is 0.420 e. The van der Waals surface area contributed by atoms with Gasteiger partial charge in [-0.25, -0.2) is 14.5 Å². The van der Waals surface area contributed by atoms with Gasteiger partial charge in [0.1, 0.15) is 17.1 Å². The number of benzene rings is 2. The first-order chi connectivity index (χ1) is 14.1. The summed E-state index contributed by atoms with van der Waals surface area (Å²) in [4.78, 5) is 17.8.